The molecule has 0 amide bonds. The number of amidine groups is 1. The fourth-order valence-electron chi connectivity index (χ4n) is 3.41. The quantitative estimate of drug-likeness (QED) is 0.540. The lowest BCUT2D eigenvalue weighted by Gasteiger charge is -2.31. The van der Waals surface area contributed by atoms with E-state index < -0.39 is 5.97 Å². The normalized spacial score (nSPS) is 15.8. The number of carbonyl (C=O) groups excluding carboxylic acids is 1. The summed E-state index contributed by atoms with van der Waals surface area (Å²) in [6.45, 7) is 2.09. The van der Waals surface area contributed by atoms with Crippen LogP contribution in [-0.2, 0) is 9.53 Å². The number of nitrogens with zero attached hydrogens (tertiary/aromatic N) is 4. The Morgan fingerprint density at radius 3 is 2.37 bits per heavy atom. The molecule has 0 N–H and O–H groups in total. The zero-order chi connectivity index (χ0) is 21.1. The number of rotatable bonds is 6. The van der Waals surface area contributed by atoms with E-state index in [1.807, 2.05) is 94.9 Å². The highest BCUT2D eigenvalue weighted by atomic mass is 32.1. The van der Waals surface area contributed by atoms with Gasteiger partial charge in [-0.2, -0.15) is 0 Å². The number of para-hydroxylation sites is 1. The maximum atomic E-state index is 12.9. The van der Waals surface area contributed by atoms with Gasteiger partial charge in [-0.15, -0.1) is 16.4 Å². The Morgan fingerprint density at radius 1 is 1.03 bits per heavy atom. The SMILES string of the molecule is CCOC(=O)C1=NN(c2ccccc2)[C@H](c2cccs2)N1c1ccc(N(C)C)cc1. The van der Waals surface area contributed by atoms with Crippen LogP contribution in [0.4, 0.5) is 17.1 Å². The van der Waals surface area contributed by atoms with Crippen LogP contribution in [0.2, 0.25) is 0 Å². The molecule has 0 saturated carbocycles. The highest BCUT2D eigenvalue weighted by molar-refractivity contribution is 7.10. The lowest BCUT2D eigenvalue weighted by molar-refractivity contribution is -0.135. The van der Waals surface area contributed by atoms with Crippen molar-refractivity contribution in [3.05, 3.63) is 77.0 Å². The Kier molecular flexibility index (Phi) is 5.72. The first-order valence-corrected chi connectivity index (χ1v) is 10.7. The zero-order valence-corrected chi connectivity index (χ0v) is 18.0. The minimum absolute atomic E-state index is 0.275. The van der Waals surface area contributed by atoms with Gasteiger partial charge in [0.05, 0.1) is 12.3 Å². The van der Waals surface area contributed by atoms with Crippen LogP contribution >= 0.6 is 11.3 Å². The first kappa shape index (κ1) is 20.0. The van der Waals surface area contributed by atoms with E-state index in [4.69, 9.17) is 9.84 Å². The molecule has 2 heterocycles. The second-order valence-corrected chi connectivity index (χ2v) is 7.97. The number of ether oxygens (including phenoxy) is 1. The summed E-state index contributed by atoms with van der Waals surface area (Å²) >= 11 is 1.64. The number of thiophene rings is 1. The first-order valence-electron chi connectivity index (χ1n) is 9.80. The van der Waals surface area contributed by atoms with Gasteiger partial charge >= 0.3 is 5.97 Å². The predicted molar refractivity (Wildman–Crippen MR) is 123 cm³/mol. The third-order valence-electron chi connectivity index (χ3n) is 4.83. The van der Waals surface area contributed by atoms with Gasteiger partial charge in [0, 0.05) is 30.3 Å². The van der Waals surface area contributed by atoms with Gasteiger partial charge in [0.25, 0.3) is 0 Å². The zero-order valence-electron chi connectivity index (χ0n) is 17.2. The smallest absolute Gasteiger partial charge is 0.376 e. The molecule has 1 atom stereocenters. The number of anilines is 3. The van der Waals surface area contributed by atoms with Crippen molar-refractivity contribution in [1.82, 2.24) is 0 Å². The lowest BCUT2D eigenvalue weighted by Crippen LogP contribution is -2.38. The Labute approximate surface area is 180 Å². The number of carbonyl (C=O) groups is 1. The largest absolute Gasteiger partial charge is 0.460 e. The topological polar surface area (TPSA) is 48.4 Å². The molecule has 7 heteroatoms. The van der Waals surface area contributed by atoms with Gasteiger partial charge in [0.2, 0.25) is 5.84 Å². The van der Waals surface area contributed by atoms with Crippen LogP contribution < -0.4 is 14.8 Å². The van der Waals surface area contributed by atoms with E-state index in [1.54, 1.807) is 18.3 Å². The maximum absolute atomic E-state index is 12.9. The predicted octanol–water partition coefficient (Wildman–Crippen LogP) is 4.72. The third kappa shape index (κ3) is 3.76. The summed E-state index contributed by atoms with van der Waals surface area (Å²) in [7, 11) is 4.00. The Morgan fingerprint density at radius 2 is 1.77 bits per heavy atom. The van der Waals surface area contributed by atoms with Gasteiger partial charge in [-0.3, -0.25) is 4.90 Å². The van der Waals surface area contributed by atoms with Crippen molar-refractivity contribution in [3.8, 4) is 0 Å². The lowest BCUT2D eigenvalue weighted by atomic mass is 10.2. The summed E-state index contributed by atoms with van der Waals surface area (Å²) in [6.07, 6.45) is -0.281. The van der Waals surface area contributed by atoms with Gasteiger partial charge < -0.3 is 9.64 Å². The molecule has 0 unspecified atom stereocenters. The van der Waals surface area contributed by atoms with Crippen molar-refractivity contribution in [1.29, 1.82) is 0 Å². The van der Waals surface area contributed by atoms with Crippen LogP contribution in [0.25, 0.3) is 0 Å². The molecule has 2 aromatic carbocycles. The Bertz CT molecular complexity index is 1020. The van der Waals surface area contributed by atoms with E-state index in [0.29, 0.717) is 6.61 Å². The van der Waals surface area contributed by atoms with Gasteiger partial charge in [-0.05, 0) is 54.8 Å². The number of hydrazone groups is 1. The van der Waals surface area contributed by atoms with Crippen LogP contribution in [0.15, 0.2) is 77.2 Å². The molecule has 0 radical (unpaired) electrons. The molecule has 6 nitrogen and oxygen atoms in total. The highest BCUT2D eigenvalue weighted by Crippen LogP contribution is 2.40. The van der Waals surface area contributed by atoms with E-state index in [0.717, 1.165) is 21.9 Å². The van der Waals surface area contributed by atoms with Gasteiger partial charge in [0.15, 0.2) is 6.17 Å². The number of hydrogen-bond acceptors (Lipinski definition) is 7. The van der Waals surface area contributed by atoms with Crippen LogP contribution in [0.1, 0.15) is 18.0 Å². The molecule has 0 fully saturated rings. The van der Waals surface area contributed by atoms with E-state index >= 15 is 0 Å². The molecule has 1 aromatic heterocycles. The highest BCUT2D eigenvalue weighted by Gasteiger charge is 2.41. The molecular weight excluding hydrogens is 396 g/mol. The van der Waals surface area contributed by atoms with Crippen LogP contribution in [0.5, 0.6) is 0 Å². The maximum Gasteiger partial charge on any atom is 0.376 e. The second-order valence-electron chi connectivity index (χ2n) is 6.99. The fraction of sp³-hybridized carbons (Fsp3) is 0.217. The van der Waals surface area contributed by atoms with E-state index in [9.17, 15) is 4.79 Å². The first-order chi connectivity index (χ1) is 14.6. The van der Waals surface area contributed by atoms with Crippen LogP contribution in [-0.4, -0.2) is 32.5 Å². The molecule has 4 rings (SSSR count). The summed E-state index contributed by atoms with van der Waals surface area (Å²) in [5.74, 6) is -0.161. The monoisotopic (exact) mass is 420 g/mol. The second kappa shape index (κ2) is 8.59. The molecule has 1 aliphatic heterocycles. The summed E-state index contributed by atoms with van der Waals surface area (Å²) < 4.78 is 5.35. The average molecular weight is 421 g/mol. The van der Waals surface area contributed by atoms with E-state index in [1.165, 1.54) is 0 Å². The molecule has 0 spiro atoms. The molecule has 154 valence electrons. The van der Waals surface area contributed by atoms with Gasteiger partial charge in [0.1, 0.15) is 0 Å². The van der Waals surface area contributed by atoms with E-state index in [-0.39, 0.29) is 12.0 Å². The average Bonchev–Trinajstić information content (AvgIpc) is 3.42. The molecule has 0 aliphatic carbocycles. The number of hydrogen-bond donors (Lipinski definition) is 0. The van der Waals surface area contributed by atoms with Crippen molar-refractivity contribution in [2.75, 3.05) is 35.5 Å². The molecule has 1 aliphatic rings. The minimum atomic E-state index is -0.436. The third-order valence-corrected chi connectivity index (χ3v) is 5.74. The summed E-state index contributed by atoms with van der Waals surface area (Å²) in [6, 6.07) is 22.1. The molecular formula is C23H24N4O2S. The molecule has 0 bridgehead atoms. The Hall–Kier alpha value is -3.32. The van der Waals surface area contributed by atoms with Crippen LogP contribution in [0, 0.1) is 0 Å². The summed E-state index contributed by atoms with van der Waals surface area (Å²) in [4.78, 5) is 17.9. The van der Waals surface area contributed by atoms with Gasteiger partial charge in [-0.25, -0.2) is 9.80 Å². The fourth-order valence-corrected chi connectivity index (χ4v) is 4.20. The van der Waals surface area contributed by atoms with Crippen molar-refractivity contribution < 1.29 is 9.53 Å². The number of benzene rings is 2. The molecule has 3 aromatic rings. The summed E-state index contributed by atoms with van der Waals surface area (Å²) in [5, 5.41) is 8.65. The standard InChI is InChI=1S/C23H24N4O2S/c1-4-29-23(28)21-24-27(19-9-6-5-7-10-19)22(20-11-8-16-30-20)26(21)18-14-12-17(13-15-18)25(2)3/h5-16,22H,4H2,1-3H3/t22-/m1/s1. The van der Waals surface area contributed by atoms with Crippen molar-refractivity contribution >= 4 is 40.2 Å². The summed E-state index contributed by atoms with van der Waals surface area (Å²) in [5.41, 5.74) is 2.87. The molecule has 30 heavy (non-hydrogen) atoms. The molecule has 0 saturated heterocycles. The minimum Gasteiger partial charge on any atom is -0.460 e. The van der Waals surface area contributed by atoms with Crippen LogP contribution in [0.3, 0.4) is 0 Å². The van der Waals surface area contributed by atoms with Crippen molar-refractivity contribution in [2.24, 2.45) is 5.10 Å². The van der Waals surface area contributed by atoms with E-state index in [2.05, 4.69) is 6.07 Å². The van der Waals surface area contributed by atoms with Crippen molar-refractivity contribution in [2.45, 2.75) is 13.1 Å². The van der Waals surface area contributed by atoms with Gasteiger partial charge in [-0.1, -0.05) is 24.3 Å². The Balaban J connectivity index is 1.84. The number of esters is 1. The van der Waals surface area contributed by atoms with Crippen molar-refractivity contribution in [3.63, 3.8) is 0 Å².